The Kier molecular flexibility index (Phi) is 4.57. The van der Waals surface area contributed by atoms with Gasteiger partial charge in [0, 0.05) is 17.0 Å². The van der Waals surface area contributed by atoms with Crippen molar-refractivity contribution in [1.82, 2.24) is 9.55 Å². The normalized spacial score (nSPS) is 10.6. The lowest BCUT2D eigenvalue weighted by atomic mass is 10.1. The molecule has 0 saturated heterocycles. The second-order valence-electron chi connectivity index (χ2n) is 5.74. The number of nitrogens with zero attached hydrogens (tertiary/aromatic N) is 2. The maximum absolute atomic E-state index is 11.2. The molecule has 0 aliphatic carbocycles. The van der Waals surface area contributed by atoms with Crippen LogP contribution >= 0.6 is 0 Å². The van der Waals surface area contributed by atoms with Crippen LogP contribution in [0.25, 0.3) is 17.1 Å². The number of aryl methyl sites for hydroxylation is 2. The second kappa shape index (κ2) is 6.81. The number of carbonyl (C=O) groups is 1. The summed E-state index contributed by atoms with van der Waals surface area (Å²) in [5.74, 6) is 1.90. The summed E-state index contributed by atoms with van der Waals surface area (Å²) in [6.45, 7) is 4.09. The van der Waals surface area contributed by atoms with Gasteiger partial charge >= 0.3 is 0 Å². The molecule has 0 fully saturated rings. The minimum atomic E-state index is 0.441. The topological polar surface area (TPSA) is 53.4 Å². The Hall–Kier alpha value is -3.08. The van der Waals surface area contributed by atoms with E-state index in [4.69, 9.17) is 14.5 Å². The number of hydrogen-bond donors (Lipinski definition) is 0. The molecule has 0 saturated carbocycles. The predicted octanol–water partition coefficient (Wildman–Crippen LogP) is 3.99. The highest BCUT2D eigenvalue weighted by molar-refractivity contribution is 5.84. The van der Waals surface area contributed by atoms with Crippen LogP contribution in [-0.2, 0) is 0 Å². The molecular weight excluding hydrogens is 316 g/mol. The second-order valence-corrected chi connectivity index (χ2v) is 5.74. The number of benzene rings is 1. The zero-order chi connectivity index (χ0) is 18.0. The number of methoxy groups -OCH3 is 2. The number of carbonyl (C=O) groups excluding carboxylic acids is 1. The van der Waals surface area contributed by atoms with E-state index in [0.29, 0.717) is 17.1 Å². The number of pyridine rings is 1. The summed E-state index contributed by atoms with van der Waals surface area (Å²) in [5, 5.41) is 0. The van der Waals surface area contributed by atoms with Crippen LogP contribution in [0.15, 0.2) is 42.5 Å². The fraction of sp³-hybridized carbons (Fsp3) is 0.200. The van der Waals surface area contributed by atoms with Crippen LogP contribution in [0.2, 0.25) is 0 Å². The molecule has 2 heterocycles. The summed E-state index contributed by atoms with van der Waals surface area (Å²) >= 11 is 0. The summed E-state index contributed by atoms with van der Waals surface area (Å²) in [5.41, 5.74) is 4.19. The van der Waals surface area contributed by atoms with E-state index in [1.807, 2.05) is 32.0 Å². The van der Waals surface area contributed by atoms with Crippen molar-refractivity contribution in [2.45, 2.75) is 13.8 Å². The summed E-state index contributed by atoms with van der Waals surface area (Å²) in [6.07, 6.45) is 0.752. The van der Waals surface area contributed by atoms with Crippen molar-refractivity contribution in [3.63, 3.8) is 0 Å². The van der Waals surface area contributed by atoms with Crippen LogP contribution in [0.5, 0.6) is 11.5 Å². The summed E-state index contributed by atoms with van der Waals surface area (Å²) in [7, 11) is 3.11. The fourth-order valence-corrected chi connectivity index (χ4v) is 2.94. The molecule has 0 atom stereocenters. The predicted molar refractivity (Wildman–Crippen MR) is 97.0 cm³/mol. The molecule has 0 bridgehead atoms. The van der Waals surface area contributed by atoms with E-state index in [2.05, 4.69) is 16.7 Å². The highest BCUT2D eigenvalue weighted by atomic mass is 16.5. The molecule has 0 aliphatic heterocycles. The quantitative estimate of drug-likeness (QED) is 0.661. The molecule has 0 aliphatic rings. The molecule has 2 aromatic heterocycles. The maximum Gasteiger partial charge on any atom is 0.153 e. The Morgan fingerprint density at radius 1 is 0.960 bits per heavy atom. The van der Waals surface area contributed by atoms with Crippen LogP contribution in [0.3, 0.4) is 0 Å². The van der Waals surface area contributed by atoms with Gasteiger partial charge in [-0.1, -0.05) is 6.07 Å². The largest absolute Gasteiger partial charge is 0.496 e. The third-order valence-electron chi connectivity index (χ3n) is 4.19. The standard InChI is InChI=1S/C20H20N2O3/c1-13-8-9-14(2)22(13)20-7-5-6-17(21-20)16-11-18(24-3)15(12-23)10-19(16)25-4/h5-12H,1-4H3. The molecule has 3 aromatic rings. The first-order valence-electron chi connectivity index (χ1n) is 7.93. The van der Waals surface area contributed by atoms with Crippen LogP contribution in [-0.4, -0.2) is 30.1 Å². The van der Waals surface area contributed by atoms with Gasteiger partial charge in [0.2, 0.25) is 0 Å². The first-order valence-corrected chi connectivity index (χ1v) is 7.93. The summed E-state index contributed by atoms with van der Waals surface area (Å²) in [6, 6.07) is 13.4. The van der Waals surface area contributed by atoms with Gasteiger partial charge in [-0.2, -0.15) is 0 Å². The lowest BCUT2D eigenvalue weighted by Crippen LogP contribution is -2.03. The Labute approximate surface area is 146 Å². The average molecular weight is 336 g/mol. The highest BCUT2D eigenvalue weighted by Gasteiger charge is 2.15. The average Bonchev–Trinajstić information content (AvgIpc) is 2.98. The van der Waals surface area contributed by atoms with Gasteiger partial charge in [-0.3, -0.25) is 4.79 Å². The van der Waals surface area contributed by atoms with E-state index >= 15 is 0 Å². The monoisotopic (exact) mass is 336 g/mol. The molecule has 0 spiro atoms. The van der Waals surface area contributed by atoms with Gasteiger partial charge in [0.25, 0.3) is 0 Å². The first-order chi connectivity index (χ1) is 12.1. The van der Waals surface area contributed by atoms with Crippen LogP contribution in [0.1, 0.15) is 21.7 Å². The van der Waals surface area contributed by atoms with Crippen LogP contribution in [0.4, 0.5) is 0 Å². The van der Waals surface area contributed by atoms with E-state index < -0.39 is 0 Å². The smallest absolute Gasteiger partial charge is 0.153 e. The molecular formula is C20H20N2O3. The zero-order valence-corrected chi connectivity index (χ0v) is 14.7. The molecule has 0 radical (unpaired) electrons. The molecule has 3 rings (SSSR count). The van der Waals surface area contributed by atoms with Crippen molar-refractivity contribution in [3.8, 4) is 28.6 Å². The van der Waals surface area contributed by atoms with E-state index in [-0.39, 0.29) is 0 Å². The lowest BCUT2D eigenvalue weighted by Gasteiger charge is -2.14. The van der Waals surface area contributed by atoms with Gasteiger partial charge < -0.3 is 14.0 Å². The molecule has 5 heteroatoms. The molecule has 0 N–H and O–H groups in total. The number of ether oxygens (including phenoxy) is 2. The van der Waals surface area contributed by atoms with E-state index in [0.717, 1.165) is 34.7 Å². The number of hydrogen-bond acceptors (Lipinski definition) is 4. The third-order valence-corrected chi connectivity index (χ3v) is 4.19. The Morgan fingerprint density at radius 3 is 2.24 bits per heavy atom. The van der Waals surface area contributed by atoms with Gasteiger partial charge in [-0.25, -0.2) is 4.98 Å². The van der Waals surface area contributed by atoms with Gasteiger partial charge in [0.05, 0.1) is 25.5 Å². The zero-order valence-electron chi connectivity index (χ0n) is 14.7. The summed E-state index contributed by atoms with van der Waals surface area (Å²) in [4.78, 5) is 16.0. The fourth-order valence-electron chi connectivity index (χ4n) is 2.94. The molecule has 128 valence electrons. The maximum atomic E-state index is 11.2. The van der Waals surface area contributed by atoms with Crippen molar-refractivity contribution in [2.75, 3.05) is 14.2 Å². The van der Waals surface area contributed by atoms with E-state index in [1.165, 1.54) is 7.11 Å². The van der Waals surface area contributed by atoms with Crippen molar-refractivity contribution >= 4 is 6.29 Å². The SMILES string of the molecule is COc1cc(-c2cccc(-n3c(C)ccc3C)n2)c(OC)cc1C=O. The number of rotatable bonds is 5. The van der Waals surface area contributed by atoms with Gasteiger partial charge in [0.15, 0.2) is 6.29 Å². The van der Waals surface area contributed by atoms with Gasteiger partial charge in [-0.05, 0) is 50.2 Å². The minimum absolute atomic E-state index is 0.441. The van der Waals surface area contributed by atoms with Crippen LogP contribution in [0, 0.1) is 13.8 Å². The molecule has 5 nitrogen and oxygen atoms in total. The van der Waals surface area contributed by atoms with Crippen molar-refractivity contribution in [3.05, 3.63) is 59.4 Å². The lowest BCUT2D eigenvalue weighted by molar-refractivity contribution is 0.112. The number of aldehydes is 1. The van der Waals surface area contributed by atoms with E-state index in [1.54, 1.807) is 19.2 Å². The van der Waals surface area contributed by atoms with Gasteiger partial charge in [0.1, 0.15) is 17.3 Å². The van der Waals surface area contributed by atoms with E-state index in [9.17, 15) is 4.79 Å². The first kappa shape index (κ1) is 16.8. The number of aromatic nitrogens is 2. The molecule has 0 unspecified atom stereocenters. The van der Waals surface area contributed by atoms with Crippen molar-refractivity contribution < 1.29 is 14.3 Å². The summed E-state index contributed by atoms with van der Waals surface area (Å²) < 4.78 is 12.9. The Bertz CT molecular complexity index is 909. The third kappa shape index (κ3) is 3.01. The van der Waals surface area contributed by atoms with Crippen molar-refractivity contribution in [1.29, 1.82) is 0 Å². The molecule has 0 amide bonds. The van der Waals surface area contributed by atoms with Crippen LogP contribution < -0.4 is 9.47 Å². The Morgan fingerprint density at radius 2 is 1.64 bits per heavy atom. The molecule has 25 heavy (non-hydrogen) atoms. The van der Waals surface area contributed by atoms with Crippen molar-refractivity contribution in [2.24, 2.45) is 0 Å². The highest BCUT2D eigenvalue weighted by Crippen LogP contribution is 2.35. The van der Waals surface area contributed by atoms with Gasteiger partial charge in [-0.15, -0.1) is 0 Å². The Balaban J connectivity index is 2.17. The minimum Gasteiger partial charge on any atom is -0.496 e. The molecule has 1 aromatic carbocycles.